The van der Waals surface area contributed by atoms with E-state index in [9.17, 15) is 14.0 Å². The number of anilines is 1. The highest BCUT2D eigenvalue weighted by Crippen LogP contribution is 2.13. The molecule has 5 nitrogen and oxygen atoms in total. The van der Waals surface area contributed by atoms with E-state index in [4.69, 9.17) is 4.74 Å². The first-order chi connectivity index (χ1) is 10.5. The summed E-state index contributed by atoms with van der Waals surface area (Å²) in [6, 6.07) is 6.82. The summed E-state index contributed by atoms with van der Waals surface area (Å²) < 4.78 is 18.5. The Morgan fingerprint density at radius 3 is 2.59 bits per heavy atom. The van der Waals surface area contributed by atoms with Crippen LogP contribution in [0.4, 0.5) is 10.1 Å². The third-order valence-corrected chi connectivity index (χ3v) is 3.14. The second-order valence-electron chi connectivity index (χ2n) is 4.44. The van der Waals surface area contributed by atoms with Crippen LogP contribution in [0.5, 0.6) is 0 Å². The number of pyridine rings is 1. The number of rotatable bonds is 4. The van der Waals surface area contributed by atoms with Gasteiger partial charge in [-0.3, -0.25) is 9.78 Å². The van der Waals surface area contributed by atoms with Crippen LogP contribution in [0.2, 0.25) is 0 Å². The van der Waals surface area contributed by atoms with Gasteiger partial charge in [0.25, 0.3) is 5.91 Å². The van der Waals surface area contributed by atoms with Gasteiger partial charge >= 0.3 is 5.97 Å². The van der Waals surface area contributed by atoms with Crippen LogP contribution in [0.1, 0.15) is 17.3 Å². The number of benzene rings is 1. The molecular formula is C15H12BrFN2O3. The zero-order chi connectivity index (χ0) is 16.1. The lowest BCUT2D eigenvalue weighted by molar-refractivity contribution is -0.123. The zero-order valence-electron chi connectivity index (χ0n) is 11.5. The number of nitrogens with zero attached hydrogens (tertiary/aromatic N) is 1. The van der Waals surface area contributed by atoms with Crippen molar-refractivity contribution in [3.05, 3.63) is 58.6 Å². The van der Waals surface area contributed by atoms with Gasteiger partial charge in [0, 0.05) is 22.6 Å². The smallest absolute Gasteiger partial charge is 0.340 e. The molecule has 114 valence electrons. The van der Waals surface area contributed by atoms with Crippen LogP contribution in [0.15, 0.2) is 47.2 Å². The van der Waals surface area contributed by atoms with Crippen molar-refractivity contribution in [1.29, 1.82) is 0 Å². The first-order valence-electron chi connectivity index (χ1n) is 6.33. The molecule has 0 spiro atoms. The number of carbonyl (C=O) groups excluding carboxylic acids is 2. The van der Waals surface area contributed by atoms with Gasteiger partial charge in [-0.1, -0.05) is 0 Å². The Morgan fingerprint density at radius 2 is 1.95 bits per heavy atom. The summed E-state index contributed by atoms with van der Waals surface area (Å²) in [7, 11) is 0. The largest absolute Gasteiger partial charge is 0.449 e. The molecule has 2 aromatic rings. The summed E-state index contributed by atoms with van der Waals surface area (Å²) in [4.78, 5) is 27.7. The zero-order valence-corrected chi connectivity index (χ0v) is 13.1. The maximum absolute atomic E-state index is 12.8. The molecule has 0 aliphatic heterocycles. The minimum atomic E-state index is -1.00. The topological polar surface area (TPSA) is 68.3 Å². The average Bonchev–Trinajstić information content (AvgIpc) is 2.49. The molecule has 0 bridgehead atoms. The van der Waals surface area contributed by atoms with Crippen molar-refractivity contribution in [2.24, 2.45) is 0 Å². The number of esters is 1. The number of hydrogen-bond donors (Lipinski definition) is 1. The van der Waals surface area contributed by atoms with Crippen molar-refractivity contribution in [3.8, 4) is 0 Å². The maximum atomic E-state index is 12.8. The third kappa shape index (κ3) is 4.36. The van der Waals surface area contributed by atoms with Crippen molar-refractivity contribution in [2.45, 2.75) is 13.0 Å². The Hall–Kier alpha value is -2.28. The van der Waals surface area contributed by atoms with Gasteiger partial charge in [-0.2, -0.15) is 0 Å². The molecule has 1 aromatic carbocycles. The van der Waals surface area contributed by atoms with Crippen molar-refractivity contribution in [2.75, 3.05) is 5.32 Å². The molecule has 0 unspecified atom stereocenters. The lowest BCUT2D eigenvalue weighted by atomic mass is 10.2. The fourth-order valence-corrected chi connectivity index (χ4v) is 1.95. The van der Waals surface area contributed by atoms with E-state index >= 15 is 0 Å². The van der Waals surface area contributed by atoms with Crippen LogP contribution in [0.3, 0.4) is 0 Å². The Kier molecular flexibility index (Phi) is 5.21. The van der Waals surface area contributed by atoms with Gasteiger partial charge in [0.2, 0.25) is 0 Å². The molecule has 0 aliphatic carbocycles. The molecule has 0 radical (unpaired) electrons. The Bertz CT molecular complexity index is 691. The van der Waals surface area contributed by atoms with Crippen LogP contribution in [0.25, 0.3) is 0 Å². The van der Waals surface area contributed by atoms with Gasteiger partial charge in [-0.15, -0.1) is 0 Å². The van der Waals surface area contributed by atoms with Crippen LogP contribution in [-0.4, -0.2) is 23.0 Å². The van der Waals surface area contributed by atoms with Crippen molar-refractivity contribution < 1.29 is 18.7 Å². The predicted octanol–water partition coefficient (Wildman–Crippen LogP) is 3.17. The lowest BCUT2D eigenvalue weighted by Crippen LogP contribution is -2.30. The number of halogens is 2. The van der Waals surface area contributed by atoms with Gasteiger partial charge in [-0.05, 0) is 53.2 Å². The number of nitrogens with one attached hydrogen (secondary N) is 1. The van der Waals surface area contributed by atoms with Crippen LogP contribution in [-0.2, 0) is 9.53 Å². The highest BCUT2D eigenvalue weighted by molar-refractivity contribution is 9.10. The number of hydrogen-bond acceptors (Lipinski definition) is 4. The van der Waals surface area contributed by atoms with Crippen molar-refractivity contribution >= 4 is 33.5 Å². The molecule has 1 atom stereocenters. The predicted molar refractivity (Wildman–Crippen MR) is 81.8 cm³/mol. The minimum Gasteiger partial charge on any atom is -0.449 e. The number of ether oxygens (including phenoxy) is 1. The highest BCUT2D eigenvalue weighted by Gasteiger charge is 2.19. The summed E-state index contributed by atoms with van der Waals surface area (Å²) in [6.07, 6.45) is 1.87. The summed E-state index contributed by atoms with van der Waals surface area (Å²) in [5.74, 6) is -1.57. The van der Waals surface area contributed by atoms with Gasteiger partial charge in [0.1, 0.15) is 5.82 Å². The number of aromatic nitrogens is 1. The molecule has 0 aliphatic rings. The Labute approximate surface area is 134 Å². The molecule has 7 heteroatoms. The van der Waals surface area contributed by atoms with Crippen molar-refractivity contribution in [1.82, 2.24) is 4.98 Å². The Morgan fingerprint density at radius 1 is 1.27 bits per heavy atom. The van der Waals surface area contributed by atoms with Gasteiger partial charge in [0.05, 0.1) is 5.56 Å². The maximum Gasteiger partial charge on any atom is 0.340 e. The highest BCUT2D eigenvalue weighted by atomic mass is 79.9. The first kappa shape index (κ1) is 16.1. The monoisotopic (exact) mass is 366 g/mol. The summed E-state index contributed by atoms with van der Waals surface area (Å²) in [6.45, 7) is 1.45. The van der Waals surface area contributed by atoms with E-state index in [0.29, 0.717) is 10.2 Å². The molecular weight excluding hydrogens is 355 g/mol. The van der Waals surface area contributed by atoms with E-state index in [1.807, 2.05) is 0 Å². The van der Waals surface area contributed by atoms with Gasteiger partial charge < -0.3 is 10.1 Å². The van der Waals surface area contributed by atoms with E-state index in [0.717, 1.165) is 0 Å². The SMILES string of the molecule is C[C@H](OC(=O)c1cncc(Br)c1)C(=O)Nc1ccc(F)cc1. The normalized spacial score (nSPS) is 11.6. The van der Waals surface area contributed by atoms with E-state index in [1.165, 1.54) is 43.6 Å². The third-order valence-electron chi connectivity index (χ3n) is 2.71. The fraction of sp³-hybridized carbons (Fsp3) is 0.133. The van der Waals surface area contributed by atoms with Crippen LogP contribution >= 0.6 is 15.9 Å². The molecule has 22 heavy (non-hydrogen) atoms. The van der Waals surface area contributed by atoms with E-state index in [1.54, 1.807) is 6.07 Å². The first-order valence-corrected chi connectivity index (χ1v) is 7.13. The van der Waals surface area contributed by atoms with Crippen LogP contribution < -0.4 is 5.32 Å². The molecule has 0 saturated heterocycles. The molecule has 1 N–H and O–H groups in total. The second kappa shape index (κ2) is 7.13. The van der Waals surface area contributed by atoms with E-state index in [-0.39, 0.29) is 5.56 Å². The van der Waals surface area contributed by atoms with Crippen molar-refractivity contribution in [3.63, 3.8) is 0 Å². The minimum absolute atomic E-state index is 0.232. The van der Waals surface area contributed by atoms with E-state index in [2.05, 4.69) is 26.2 Å². The summed E-state index contributed by atoms with van der Waals surface area (Å²) in [5.41, 5.74) is 0.647. The molecule has 2 rings (SSSR count). The van der Waals surface area contributed by atoms with E-state index < -0.39 is 23.8 Å². The molecule has 1 aromatic heterocycles. The molecule has 0 saturated carbocycles. The Balaban J connectivity index is 1.96. The summed E-state index contributed by atoms with van der Waals surface area (Å²) in [5, 5.41) is 2.53. The van der Waals surface area contributed by atoms with Gasteiger partial charge in [-0.25, -0.2) is 9.18 Å². The molecule has 1 heterocycles. The quantitative estimate of drug-likeness (QED) is 0.843. The summed E-state index contributed by atoms with van der Waals surface area (Å²) >= 11 is 3.20. The second-order valence-corrected chi connectivity index (χ2v) is 5.35. The standard InChI is InChI=1S/C15H12BrFN2O3/c1-9(14(20)19-13-4-2-12(17)3-5-13)22-15(21)10-6-11(16)8-18-7-10/h2-9H,1H3,(H,19,20)/t9-/m0/s1. The molecule has 1 amide bonds. The fourth-order valence-electron chi connectivity index (χ4n) is 1.58. The van der Waals surface area contributed by atoms with Crippen LogP contribution in [0, 0.1) is 5.82 Å². The number of amides is 1. The van der Waals surface area contributed by atoms with Gasteiger partial charge in [0.15, 0.2) is 6.10 Å². The molecule has 0 fully saturated rings. The average molecular weight is 367 g/mol. The lowest BCUT2D eigenvalue weighted by Gasteiger charge is -2.13. The number of carbonyl (C=O) groups is 2.